The van der Waals surface area contributed by atoms with Crippen LogP contribution in [-0.2, 0) is 13.5 Å². The minimum atomic E-state index is 0.260. The van der Waals surface area contributed by atoms with Gasteiger partial charge in [-0.25, -0.2) is 0 Å². The van der Waals surface area contributed by atoms with Crippen molar-refractivity contribution >= 4 is 11.6 Å². The van der Waals surface area contributed by atoms with Crippen molar-refractivity contribution in [1.29, 1.82) is 0 Å². The molecule has 0 spiro atoms. The van der Waals surface area contributed by atoms with Crippen LogP contribution in [0.4, 0.5) is 0 Å². The highest BCUT2D eigenvalue weighted by atomic mass is 35.5. The number of hydrogen-bond acceptors (Lipinski definition) is 2. The smallest absolute Gasteiger partial charge is 0.0522 e. The van der Waals surface area contributed by atoms with Gasteiger partial charge < -0.3 is 5.32 Å². The van der Waals surface area contributed by atoms with E-state index in [1.54, 1.807) is 0 Å². The average molecular weight is 264 g/mol. The summed E-state index contributed by atoms with van der Waals surface area (Å²) in [4.78, 5) is 0. The average Bonchev–Trinajstić information content (AvgIpc) is 2.75. The van der Waals surface area contributed by atoms with E-state index < -0.39 is 0 Å². The summed E-state index contributed by atoms with van der Waals surface area (Å²) in [5, 5.41) is 8.45. The van der Waals surface area contributed by atoms with E-state index in [0.29, 0.717) is 0 Å². The zero-order valence-electron chi connectivity index (χ0n) is 10.7. The van der Waals surface area contributed by atoms with E-state index in [1.807, 2.05) is 42.3 Å². The first-order valence-corrected chi connectivity index (χ1v) is 6.50. The van der Waals surface area contributed by atoms with Crippen molar-refractivity contribution in [3.8, 4) is 0 Å². The van der Waals surface area contributed by atoms with Gasteiger partial charge in [0.15, 0.2) is 0 Å². The summed E-state index contributed by atoms with van der Waals surface area (Å²) in [5.74, 6) is 0. The van der Waals surface area contributed by atoms with Crippen molar-refractivity contribution < 1.29 is 0 Å². The van der Waals surface area contributed by atoms with Crippen LogP contribution in [0.5, 0.6) is 0 Å². The normalized spacial score (nSPS) is 12.6. The summed E-state index contributed by atoms with van der Waals surface area (Å²) in [6.45, 7) is 3.04. The Morgan fingerprint density at radius 2 is 2.17 bits per heavy atom. The molecule has 1 N–H and O–H groups in total. The number of halogens is 1. The molecule has 0 bridgehead atoms. The third kappa shape index (κ3) is 3.34. The summed E-state index contributed by atoms with van der Waals surface area (Å²) in [7, 11) is 1.93. The van der Waals surface area contributed by atoms with Gasteiger partial charge in [0.1, 0.15) is 0 Å². The molecule has 0 fully saturated rings. The van der Waals surface area contributed by atoms with Crippen LogP contribution < -0.4 is 5.32 Å². The lowest BCUT2D eigenvalue weighted by atomic mass is 10.1. The Labute approximate surface area is 113 Å². The quantitative estimate of drug-likeness (QED) is 0.899. The van der Waals surface area contributed by atoms with E-state index in [4.69, 9.17) is 11.6 Å². The summed E-state index contributed by atoms with van der Waals surface area (Å²) in [6.07, 6.45) is 4.92. The third-order valence-corrected chi connectivity index (χ3v) is 3.34. The van der Waals surface area contributed by atoms with E-state index in [9.17, 15) is 0 Å². The van der Waals surface area contributed by atoms with Crippen molar-refractivity contribution in [2.24, 2.45) is 7.05 Å². The standard InChI is InChI=1S/C14H18ClN3/c1-11(13-5-3-4-6-14(13)15)16-8-7-12-9-17-18(2)10-12/h3-6,9-11,16H,7-8H2,1-2H3/t11-/m1/s1. The zero-order chi connectivity index (χ0) is 13.0. The van der Waals surface area contributed by atoms with Crippen LogP contribution >= 0.6 is 11.6 Å². The second-order valence-electron chi connectivity index (χ2n) is 4.47. The van der Waals surface area contributed by atoms with Crippen LogP contribution in [0.1, 0.15) is 24.1 Å². The molecule has 0 unspecified atom stereocenters. The van der Waals surface area contributed by atoms with Crippen molar-refractivity contribution in [1.82, 2.24) is 15.1 Å². The Bertz CT molecular complexity index is 507. The molecule has 0 saturated carbocycles. The minimum absolute atomic E-state index is 0.260. The highest BCUT2D eigenvalue weighted by Gasteiger charge is 2.08. The van der Waals surface area contributed by atoms with E-state index in [2.05, 4.69) is 23.4 Å². The van der Waals surface area contributed by atoms with Gasteiger partial charge in [-0.15, -0.1) is 0 Å². The van der Waals surface area contributed by atoms with Crippen LogP contribution in [-0.4, -0.2) is 16.3 Å². The van der Waals surface area contributed by atoms with Gasteiger partial charge in [-0.3, -0.25) is 4.68 Å². The fourth-order valence-corrected chi connectivity index (χ4v) is 2.27. The summed E-state index contributed by atoms with van der Waals surface area (Å²) < 4.78 is 1.83. The molecule has 2 rings (SSSR count). The third-order valence-electron chi connectivity index (χ3n) is 2.99. The Hall–Kier alpha value is -1.32. The monoisotopic (exact) mass is 263 g/mol. The number of rotatable bonds is 5. The molecule has 3 nitrogen and oxygen atoms in total. The van der Waals surface area contributed by atoms with Gasteiger partial charge in [0.05, 0.1) is 6.20 Å². The molecule has 1 atom stereocenters. The highest BCUT2D eigenvalue weighted by Crippen LogP contribution is 2.21. The number of aryl methyl sites for hydroxylation is 1. The summed E-state index contributed by atoms with van der Waals surface area (Å²) in [5.41, 5.74) is 2.39. The van der Waals surface area contributed by atoms with Crippen LogP contribution in [0.15, 0.2) is 36.7 Å². The van der Waals surface area contributed by atoms with Gasteiger partial charge in [0.25, 0.3) is 0 Å². The molecule has 0 radical (unpaired) electrons. The van der Waals surface area contributed by atoms with Gasteiger partial charge in [-0.1, -0.05) is 29.8 Å². The van der Waals surface area contributed by atoms with Crippen LogP contribution in [0.25, 0.3) is 0 Å². The molecule has 1 aromatic heterocycles. The van der Waals surface area contributed by atoms with Gasteiger partial charge in [-0.05, 0) is 37.1 Å². The van der Waals surface area contributed by atoms with E-state index in [1.165, 1.54) is 5.56 Å². The fraction of sp³-hybridized carbons (Fsp3) is 0.357. The highest BCUT2D eigenvalue weighted by molar-refractivity contribution is 6.31. The number of hydrogen-bond donors (Lipinski definition) is 1. The van der Waals surface area contributed by atoms with Gasteiger partial charge in [0, 0.05) is 24.3 Å². The molecule has 0 amide bonds. The maximum atomic E-state index is 6.17. The number of aromatic nitrogens is 2. The lowest BCUT2D eigenvalue weighted by Crippen LogP contribution is -2.21. The summed E-state index contributed by atoms with van der Waals surface area (Å²) >= 11 is 6.17. The van der Waals surface area contributed by atoms with E-state index in [-0.39, 0.29) is 6.04 Å². The van der Waals surface area contributed by atoms with Crippen molar-refractivity contribution in [3.63, 3.8) is 0 Å². The molecular weight excluding hydrogens is 246 g/mol. The second kappa shape index (κ2) is 6.03. The Morgan fingerprint density at radius 1 is 1.39 bits per heavy atom. The minimum Gasteiger partial charge on any atom is -0.310 e. The van der Waals surface area contributed by atoms with Crippen LogP contribution in [0.3, 0.4) is 0 Å². The molecule has 0 saturated heterocycles. The molecule has 18 heavy (non-hydrogen) atoms. The van der Waals surface area contributed by atoms with Crippen molar-refractivity contribution in [2.75, 3.05) is 6.54 Å². The first-order valence-electron chi connectivity index (χ1n) is 6.12. The molecule has 1 aromatic carbocycles. The maximum Gasteiger partial charge on any atom is 0.0522 e. The molecule has 1 heterocycles. The summed E-state index contributed by atoms with van der Waals surface area (Å²) in [6, 6.07) is 8.21. The van der Waals surface area contributed by atoms with Gasteiger partial charge in [0.2, 0.25) is 0 Å². The molecule has 2 aromatic rings. The zero-order valence-corrected chi connectivity index (χ0v) is 11.5. The maximum absolute atomic E-state index is 6.17. The lowest BCUT2D eigenvalue weighted by Gasteiger charge is -2.15. The molecule has 0 aliphatic heterocycles. The first kappa shape index (κ1) is 13.1. The van der Waals surface area contributed by atoms with Crippen molar-refractivity contribution in [3.05, 3.63) is 52.8 Å². The predicted molar refractivity (Wildman–Crippen MR) is 74.8 cm³/mol. The number of benzene rings is 1. The van der Waals surface area contributed by atoms with Gasteiger partial charge >= 0.3 is 0 Å². The Morgan fingerprint density at radius 3 is 2.83 bits per heavy atom. The molecule has 0 aliphatic carbocycles. The fourth-order valence-electron chi connectivity index (χ4n) is 1.97. The molecule has 4 heteroatoms. The SMILES string of the molecule is C[C@@H](NCCc1cnn(C)c1)c1ccccc1Cl. The lowest BCUT2D eigenvalue weighted by molar-refractivity contribution is 0.577. The van der Waals surface area contributed by atoms with Crippen molar-refractivity contribution in [2.45, 2.75) is 19.4 Å². The van der Waals surface area contributed by atoms with Crippen LogP contribution in [0.2, 0.25) is 5.02 Å². The molecular formula is C14H18ClN3. The van der Waals surface area contributed by atoms with Crippen LogP contribution in [0, 0.1) is 0 Å². The van der Waals surface area contributed by atoms with E-state index >= 15 is 0 Å². The first-order chi connectivity index (χ1) is 8.66. The Kier molecular flexibility index (Phi) is 4.39. The predicted octanol–water partition coefficient (Wildman–Crippen LogP) is 2.97. The van der Waals surface area contributed by atoms with Gasteiger partial charge in [-0.2, -0.15) is 5.10 Å². The molecule has 0 aliphatic rings. The van der Waals surface area contributed by atoms with E-state index in [0.717, 1.165) is 23.6 Å². The number of nitrogens with one attached hydrogen (secondary N) is 1. The topological polar surface area (TPSA) is 29.9 Å². The Balaban J connectivity index is 1.85. The molecule has 96 valence electrons. The largest absolute Gasteiger partial charge is 0.310 e. The number of nitrogens with zero attached hydrogens (tertiary/aromatic N) is 2. The second-order valence-corrected chi connectivity index (χ2v) is 4.88.